The average Bonchev–Trinajstić information content (AvgIpc) is 2.42. The first kappa shape index (κ1) is 15.0. The first-order chi connectivity index (χ1) is 9.04. The molecule has 0 unspecified atom stereocenters. The molecule has 0 aliphatic heterocycles. The lowest BCUT2D eigenvalue weighted by Crippen LogP contribution is -1.97. The molecule has 0 radical (unpaired) electrons. The van der Waals surface area contributed by atoms with Gasteiger partial charge in [-0.25, -0.2) is 0 Å². The van der Waals surface area contributed by atoms with Crippen molar-refractivity contribution in [1.82, 2.24) is 0 Å². The van der Waals surface area contributed by atoms with Gasteiger partial charge in [0.2, 0.25) is 0 Å². The van der Waals surface area contributed by atoms with E-state index in [-0.39, 0.29) is 0 Å². The molecule has 1 aromatic rings. The Bertz CT molecular complexity index is 553. The SMILES string of the molecule is C=Cc1cccc(C(/C=C(\C)N)=C/C)c1/C(C)=C\C. The van der Waals surface area contributed by atoms with Crippen LogP contribution in [0.1, 0.15) is 44.4 Å². The van der Waals surface area contributed by atoms with Gasteiger partial charge in [-0.05, 0) is 61.6 Å². The third kappa shape index (κ3) is 3.47. The summed E-state index contributed by atoms with van der Waals surface area (Å²) in [5.41, 5.74) is 12.6. The van der Waals surface area contributed by atoms with Gasteiger partial charge in [0, 0.05) is 5.70 Å². The fraction of sp³-hybridized carbons (Fsp3) is 0.222. The quantitative estimate of drug-likeness (QED) is 0.749. The highest BCUT2D eigenvalue weighted by Gasteiger charge is 2.10. The lowest BCUT2D eigenvalue weighted by molar-refractivity contribution is 1.31. The summed E-state index contributed by atoms with van der Waals surface area (Å²) in [6, 6.07) is 6.28. The molecule has 0 amide bonds. The molecule has 0 aliphatic carbocycles. The van der Waals surface area contributed by atoms with Crippen LogP contribution < -0.4 is 5.73 Å². The van der Waals surface area contributed by atoms with Crippen molar-refractivity contribution in [1.29, 1.82) is 0 Å². The molecule has 0 spiro atoms. The summed E-state index contributed by atoms with van der Waals surface area (Å²) in [5.74, 6) is 0. The van der Waals surface area contributed by atoms with Crippen molar-refractivity contribution in [2.75, 3.05) is 0 Å². The van der Waals surface area contributed by atoms with Gasteiger partial charge in [0.15, 0.2) is 0 Å². The topological polar surface area (TPSA) is 26.0 Å². The predicted molar refractivity (Wildman–Crippen MR) is 87.5 cm³/mol. The van der Waals surface area contributed by atoms with Crippen molar-refractivity contribution in [2.45, 2.75) is 27.7 Å². The Morgan fingerprint density at radius 2 is 1.84 bits per heavy atom. The molecule has 0 fully saturated rings. The Labute approximate surface area is 116 Å². The molecule has 19 heavy (non-hydrogen) atoms. The predicted octanol–water partition coefficient (Wildman–Crippen LogP) is 5.02. The molecule has 0 heterocycles. The summed E-state index contributed by atoms with van der Waals surface area (Å²) in [6.07, 6.45) is 8.12. The summed E-state index contributed by atoms with van der Waals surface area (Å²) >= 11 is 0. The molecule has 0 aliphatic rings. The summed E-state index contributed by atoms with van der Waals surface area (Å²) in [6.45, 7) is 12.0. The van der Waals surface area contributed by atoms with Crippen LogP contribution in [0.5, 0.6) is 0 Å². The van der Waals surface area contributed by atoms with Crippen LogP contribution >= 0.6 is 0 Å². The normalized spacial score (nSPS) is 13.6. The monoisotopic (exact) mass is 253 g/mol. The maximum atomic E-state index is 5.82. The van der Waals surface area contributed by atoms with Crippen molar-refractivity contribution in [3.8, 4) is 0 Å². The van der Waals surface area contributed by atoms with Crippen molar-refractivity contribution >= 4 is 17.2 Å². The minimum absolute atomic E-state index is 0.807. The molecular weight excluding hydrogens is 230 g/mol. The lowest BCUT2D eigenvalue weighted by atomic mass is 9.90. The maximum absolute atomic E-state index is 5.82. The Kier molecular flexibility index (Phi) is 5.37. The van der Waals surface area contributed by atoms with Gasteiger partial charge in [0.05, 0.1) is 0 Å². The molecule has 0 aromatic heterocycles. The van der Waals surface area contributed by atoms with Crippen molar-refractivity contribution < 1.29 is 0 Å². The molecule has 0 atom stereocenters. The lowest BCUT2D eigenvalue weighted by Gasteiger charge is -2.14. The Hall–Kier alpha value is -2.02. The average molecular weight is 253 g/mol. The molecule has 0 saturated carbocycles. The van der Waals surface area contributed by atoms with E-state index in [0.29, 0.717) is 0 Å². The van der Waals surface area contributed by atoms with Gasteiger partial charge in [-0.15, -0.1) is 0 Å². The van der Waals surface area contributed by atoms with Gasteiger partial charge in [-0.1, -0.05) is 43.0 Å². The van der Waals surface area contributed by atoms with Gasteiger partial charge in [0.1, 0.15) is 0 Å². The molecule has 100 valence electrons. The van der Waals surface area contributed by atoms with Gasteiger partial charge in [0.25, 0.3) is 0 Å². The van der Waals surface area contributed by atoms with Crippen LogP contribution in [-0.2, 0) is 0 Å². The Morgan fingerprint density at radius 3 is 2.32 bits per heavy atom. The smallest absolute Gasteiger partial charge is 0.00549 e. The van der Waals surface area contributed by atoms with Crippen LogP contribution in [0.4, 0.5) is 0 Å². The second-order valence-electron chi connectivity index (χ2n) is 4.58. The summed E-state index contributed by atoms with van der Waals surface area (Å²) in [7, 11) is 0. The Morgan fingerprint density at radius 1 is 1.16 bits per heavy atom. The van der Waals surface area contributed by atoms with E-state index in [1.807, 2.05) is 26.0 Å². The van der Waals surface area contributed by atoms with Crippen LogP contribution in [-0.4, -0.2) is 0 Å². The van der Waals surface area contributed by atoms with E-state index in [4.69, 9.17) is 5.73 Å². The van der Waals surface area contributed by atoms with Gasteiger partial charge in [-0.3, -0.25) is 0 Å². The summed E-state index contributed by atoms with van der Waals surface area (Å²) in [4.78, 5) is 0. The second kappa shape index (κ2) is 6.79. The van der Waals surface area contributed by atoms with Crippen LogP contribution in [0.25, 0.3) is 17.2 Å². The van der Waals surface area contributed by atoms with Crippen molar-refractivity contribution in [2.24, 2.45) is 5.73 Å². The van der Waals surface area contributed by atoms with E-state index < -0.39 is 0 Å². The molecular formula is C18H23N. The van der Waals surface area contributed by atoms with Crippen LogP contribution in [0.2, 0.25) is 0 Å². The zero-order valence-corrected chi connectivity index (χ0v) is 12.3. The standard InChI is InChI=1S/C18H23N/c1-6-13(4)18-15(7-2)10-9-11-17(18)16(8-3)12-14(5)19/h6-12H,2,19H2,1,3-5H3/b13-6-,14-12+,16-8+. The molecule has 1 nitrogen and oxygen atoms in total. The van der Waals surface area contributed by atoms with E-state index in [1.165, 1.54) is 16.7 Å². The van der Waals surface area contributed by atoms with Gasteiger partial charge >= 0.3 is 0 Å². The summed E-state index contributed by atoms with van der Waals surface area (Å²) in [5, 5.41) is 0. The van der Waals surface area contributed by atoms with Gasteiger partial charge < -0.3 is 5.73 Å². The number of rotatable bonds is 4. The second-order valence-corrected chi connectivity index (χ2v) is 4.58. The first-order valence-corrected chi connectivity index (χ1v) is 6.54. The van der Waals surface area contributed by atoms with Crippen molar-refractivity contribution in [3.63, 3.8) is 0 Å². The molecule has 0 bridgehead atoms. The highest BCUT2D eigenvalue weighted by molar-refractivity contribution is 5.87. The van der Waals surface area contributed by atoms with Crippen LogP contribution in [0.3, 0.4) is 0 Å². The molecule has 1 rings (SSSR count). The molecule has 0 saturated heterocycles. The van der Waals surface area contributed by atoms with E-state index in [2.05, 4.69) is 50.8 Å². The fourth-order valence-corrected chi connectivity index (χ4v) is 2.13. The minimum Gasteiger partial charge on any atom is -0.402 e. The molecule has 2 N–H and O–H groups in total. The molecule has 1 heteroatoms. The fourth-order valence-electron chi connectivity index (χ4n) is 2.13. The number of hydrogen-bond acceptors (Lipinski definition) is 1. The number of allylic oxidation sites excluding steroid dienone is 6. The number of hydrogen-bond donors (Lipinski definition) is 1. The minimum atomic E-state index is 0.807. The number of nitrogens with two attached hydrogens (primary N) is 1. The highest BCUT2D eigenvalue weighted by Crippen LogP contribution is 2.30. The van der Waals surface area contributed by atoms with Gasteiger partial charge in [-0.2, -0.15) is 0 Å². The Balaban J connectivity index is 3.60. The third-order valence-corrected chi connectivity index (χ3v) is 3.15. The highest BCUT2D eigenvalue weighted by atomic mass is 14.5. The number of benzene rings is 1. The van der Waals surface area contributed by atoms with E-state index in [0.717, 1.165) is 16.8 Å². The zero-order valence-electron chi connectivity index (χ0n) is 12.3. The van der Waals surface area contributed by atoms with Crippen molar-refractivity contribution in [3.05, 3.63) is 65.4 Å². The first-order valence-electron chi connectivity index (χ1n) is 6.54. The van der Waals surface area contributed by atoms with E-state index in [1.54, 1.807) is 0 Å². The van der Waals surface area contributed by atoms with Crippen LogP contribution in [0.15, 0.2) is 48.7 Å². The third-order valence-electron chi connectivity index (χ3n) is 3.15. The van der Waals surface area contributed by atoms with Crippen LogP contribution in [0, 0.1) is 0 Å². The zero-order chi connectivity index (χ0) is 14.4. The largest absolute Gasteiger partial charge is 0.402 e. The summed E-state index contributed by atoms with van der Waals surface area (Å²) < 4.78 is 0. The maximum Gasteiger partial charge on any atom is 0.00549 e. The van der Waals surface area contributed by atoms with E-state index >= 15 is 0 Å². The van der Waals surface area contributed by atoms with E-state index in [9.17, 15) is 0 Å². The molecule has 1 aromatic carbocycles.